The van der Waals surface area contributed by atoms with Gasteiger partial charge in [-0.05, 0) is 32.8 Å². The first-order chi connectivity index (χ1) is 13.6. The fourth-order valence-corrected chi connectivity index (χ4v) is 3.95. The number of dihydropyridines is 1. The van der Waals surface area contributed by atoms with Crippen LogP contribution >= 0.6 is 0 Å². The number of benzene rings is 1. The Morgan fingerprint density at radius 3 is 2.72 bits per heavy atom. The Balaban J connectivity index is 2.28. The van der Waals surface area contributed by atoms with Crippen molar-refractivity contribution in [2.24, 2.45) is 5.41 Å². The van der Waals surface area contributed by atoms with Crippen molar-refractivity contribution >= 4 is 17.4 Å². The predicted molar refractivity (Wildman–Crippen MR) is 105 cm³/mol. The third-order valence-electron chi connectivity index (χ3n) is 5.53. The lowest BCUT2D eigenvalue weighted by Gasteiger charge is -2.39. The van der Waals surface area contributed by atoms with E-state index in [9.17, 15) is 24.8 Å². The number of nitro groups is 1. The van der Waals surface area contributed by atoms with E-state index in [1.807, 2.05) is 13.8 Å². The zero-order valence-corrected chi connectivity index (χ0v) is 16.9. The van der Waals surface area contributed by atoms with Gasteiger partial charge in [0.05, 0.1) is 23.0 Å². The van der Waals surface area contributed by atoms with Crippen LogP contribution in [0, 0.1) is 15.5 Å². The molecular weight excluding hydrogens is 376 g/mol. The van der Waals surface area contributed by atoms with Crippen molar-refractivity contribution in [3.8, 4) is 5.75 Å². The Morgan fingerprint density at radius 1 is 1.41 bits per heavy atom. The number of hydrogen-bond acceptors (Lipinski definition) is 7. The number of nitrogens with one attached hydrogen (secondary N) is 1. The highest BCUT2D eigenvalue weighted by atomic mass is 16.6. The van der Waals surface area contributed by atoms with Crippen LogP contribution in [0.4, 0.5) is 5.69 Å². The van der Waals surface area contributed by atoms with E-state index in [1.54, 1.807) is 13.8 Å². The molecule has 8 nitrogen and oxygen atoms in total. The number of nitrogens with zero attached hydrogens (tertiary/aromatic N) is 1. The maximum Gasteiger partial charge on any atom is 0.336 e. The van der Waals surface area contributed by atoms with Gasteiger partial charge in [-0.25, -0.2) is 4.79 Å². The van der Waals surface area contributed by atoms with Crippen LogP contribution in [-0.4, -0.2) is 28.4 Å². The number of carbonyl (C=O) groups excluding carboxylic acids is 2. The van der Waals surface area contributed by atoms with Crippen LogP contribution in [0.3, 0.4) is 0 Å². The lowest BCUT2D eigenvalue weighted by molar-refractivity contribution is -0.384. The van der Waals surface area contributed by atoms with Gasteiger partial charge < -0.3 is 15.2 Å². The lowest BCUT2D eigenvalue weighted by atomic mass is 9.67. The summed E-state index contributed by atoms with van der Waals surface area (Å²) in [6.07, 6.45) is 1.22. The van der Waals surface area contributed by atoms with Crippen molar-refractivity contribution in [1.82, 2.24) is 5.32 Å². The van der Waals surface area contributed by atoms with Crippen molar-refractivity contribution in [2.75, 3.05) is 6.61 Å². The zero-order valence-electron chi connectivity index (χ0n) is 16.9. The van der Waals surface area contributed by atoms with Gasteiger partial charge in [-0.15, -0.1) is 0 Å². The van der Waals surface area contributed by atoms with Gasteiger partial charge in [0.15, 0.2) is 5.78 Å². The zero-order chi connectivity index (χ0) is 21.5. The molecule has 1 aromatic carbocycles. The number of ketones is 1. The first-order valence-electron chi connectivity index (χ1n) is 9.48. The third kappa shape index (κ3) is 3.50. The number of esters is 1. The monoisotopic (exact) mass is 400 g/mol. The number of non-ortho nitro benzene ring substituents is 1. The van der Waals surface area contributed by atoms with Gasteiger partial charge in [-0.2, -0.15) is 0 Å². The molecule has 1 aliphatic carbocycles. The number of ether oxygens (including phenoxy) is 1. The van der Waals surface area contributed by atoms with E-state index in [1.165, 1.54) is 18.2 Å². The molecule has 1 aromatic rings. The molecule has 2 aliphatic rings. The Labute approximate surface area is 168 Å². The Hall–Kier alpha value is -3.16. The van der Waals surface area contributed by atoms with Gasteiger partial charge in [0, 0.05) is 40.1 Å². The van der Waals surface area contributed by atoms with Crippen LogP contribution in [0.25, 0.3) is 0 Å². The summed E-state index contributed by atoms with van der Waals surface area (Å²) in [5, 5.41) is 25.0. The van der Waals surface area contributed by atoms with Crippen molar-refractivity contribution in [1.29, 1.82) is 0 Å². The molecule has 0 fully saturated rings. The highest BCUT2D eigenvalue weighted by molar-refractivity contribution is 6.06. The van der Waals surface area contributed by atoms with Crippen LogP contribution < -0.4 is 5.32 Å². The number of phenols is 1. The largest absolute Gasteiger partial charge is 0.508 e. The van der Waals surface area contributed by atoms with E-state index in [2.05, 4.69) is 5.32 Å². The number of carbonyl (C=O) groups is 2. The SMILES string of the molecule is CCOC(=O)C1=C(C)NC2=C(C(=O)C(C)(C)CC2)C1c1cc([N+](=O)[O-])ccc1O. The molecule has 0 radical (unpaired) electrons. The number of nitro benzene ring substituents is 1. The van der Waals surface area contributed by atoms with Crippen LogP contribution in [0.15, 0.2) is 40.7 Å². The van der Waals surface area contributed by atoms with Crippen molar-refractivity contribution in [3.63, 3.8) is 0 Å². The summed E-state index contributed by atoms with van der Waals surface area (Å²) in [5.41, 5.74) is 0.961. The van der Waals surface area contributed by atoms with E-state index in [0.29, 0.717) is 29.8 Å². The number of phenolic OH excluding ortho intramolecular Hbond substituents is 1. The number of Topliss-reactive ketones (excluding diaryl/α,β-unsaturated/α-hetero) is 1. The third-order valence-corrected chi connectivity index (χ3v) is 5.53. The molecule has 1 unspecified atom stereocenters. The molecule has 3 rings (SSSR count). The molecule has 0 spiro atoms. The van der Waals surface area contributed by atoms with Crippen LogP contribution in [-0.2, 0) is 14.3 Å². The average Bonchev–Trinajstić information content (AvgIpc) is 2.64. The molecule has 1 aliphatic heterocycles. The molecule has 0 amide bonds. The minimum atomic E-state index is -0.947. The normalized spacial score (nSPS) is 20.8. The molecule has 0 saturated carbocycles. The summed E-state index contributed by atoms with van der Waals surface area (Å²) in [5.74, 6) is -1.95. The first-order valence-corrected chi connectivity index (χ1v) is 9.48. The van der Waals surface area contributed by atoms with E-state index < -0.39 is 22.2 Å². The van der Waals surface area contributed by atoms with Crippen LogP contribution in [0.1, 0.15) is 52.0 Å². The maximum atomic E-state index is 13.3. The lowest BCUT2D eigenvalue weighted by Crippen LogP contribution is -2.40. The summed E-state index contributed by atoms with van der Waals surface area (Å²) >= 11 is 0. The van der Waals surface area contributed by atoms with E-state index in [4.69, 9.17) is 4.74 Å². The van der Waals surface area contributed by atoms with Gasteiger partial charge in [0.25, 0.3) is 5.69 Å². The number of aromatic hydroxyl groups is 1. The molecule has 8 heteroatoms. The smallest absolute Gasteiger partial charge is 0.336 e. The molecule has 154 valence electrons. The molecular formula is C21H24N2O6. The molecule has 0 aromatic heterocycles. The molecule has 29 heavy (non-hydrogen) atoms. The summed E-state index contributed by atoms with van der Waals surface area (Å²) in [4.78, 5) is 36.9. The fourth-order valence-electron chi connectivity index (χ4n) is 3.95. The number of allylic oxidation sites excluding steroid dienone is 3. The average molecular weight is 400 g/mol. The topological polar surface area (TPSA) is 119 Å². The summed E-state index contributed by atoms with van der Waals surface area (Å²) < 4.78 is 5.20. The highest BCUT2D eigenvalue weighted by Gasteiger charge is 2.46. The van der Waals surface area contributed by atoms with Crippen LogP contribution in [0.5, 0.6) is 5.75 Å². The Kier molecular flexibility index (Phi) is 5.21. The fraction of sp³-hybridized carbons (Fsp3) is 0.429. The van der Waals surface area contributed by atoms with Gasteiger partial charge in [-0.3, -0.25) is 14.9 Å². The molecule has 0 bridgehead atoms. The minimum absolute atomic E-state index is 0.134. The van der Waals surface area contributed by atoms with Gasteiger partial charge in [0.1, 0.15) is 5.75 Å². The molecule has 1 heterocycles. The van der Waals surface area contributed by atoms with E-state index in [-0.39, 0.29) is 35.0 Å². The number of hydrogen-bond donors (Lipinski definition) is 2. The minimum Gasteiger partial charge on any atom is -0.508 e. The van der Waals surface area contributed by atoms with Gasteiger partial charge >= 0.3 is 5.97 Å². The standard InChI is InChI=1S/C21H24N2O6/c1-5-29-20(26)16-11(2)22-14-8-9-21(3,4)19(25)18(14)17(16)13-10-12(23(27)28)6-7-15(13)24/h6-7,10,17,22,24H,5,8-9H2,1-4H3. The quantitative estimate of drug-likeness (QED) is 0.451. The second-order valence-corrected chi connectivity index (χ2v) is 7.92. The van der Waals surface area contributed by atoms with E-state index in [0.717, 1.165) is 0 Å². The molecule has 0 saturated heterocycles. The maximum absolute atomic E-state index is 13.3. The van der Waals surface area contributed by atoms with Gasteiger partial charge in [0.2, 0.25) is 0 Å². The molecule has 1 atom stereocenters. The van der Waals surface area contributed by atoms with Crippen molar-refractivity contribution in [2.45, 2.75) is 46.5 Å². The first kappa shape index (κ1) is 20.6. The highest BCUT2D eigenvalue weighted by Crippen LogP contribution is 2.49. The van der Waals surface area contributed by atoms with Crippen LogP contribution in [0.2, 0.25) is 0 Å². The second kappa shape index (κ2) is 7.35. The summed E-state index contributed by atoms with van der Waals surface area (Å²) in [7, 11) is 0. The van der Waals surface area contributed by atoms with E-state index >= 15 is 0 Å². The second-order valence-electron chi connectivity index (χ2n) is 7.92. The number of rotatable bonds is 4. The summed E-state index contributed by atoms with van der Waals surface area (Å²) in [6.45, 7) is 7.16. The predicted octanol–water partition coefficient (Wildman–Crippen LogP) is 3.47. The van der Waals surface area contributed by atoms with Gasteiger partial charge in [-0.1, -0.05) is 13.8 Å². The van der Waals surface area contributed by atoms with Crippen molar-refractivity contribution < 1.29 is 24.4 Å². The molecule has 2 N–H and O–H groups in total. The Bertz CT molecular complexity index is 973. The van der Waals surface area contributed by atoms with Crippen molar-refractivity contribution in [3.05, 3.63) is 56.4 Å². The Morgan fingerprint density at radius 2 is 2.10 bits per heavy atom. The summed E-state index contributed by atoms with van der Waals surface area (Å²) in [6, 6.07) is 3.62.